The molecule has 1 amide bonds. The van der Waals surface area contributed by atoms with E-state index in [1.54, 1.807) is 14.2 Å². The maximum atomic E-state index is 12.3. The summed E-state index contributed by atoms with van der Waals surface area (Å²) in [5.41, 5.74) is 4.27. The van der Waals surface area contributed by atoms with Crippen LogP contribution in [0.2, 0.25) is 0 Å². The van der Waals surface area contributed by atoms with Gasteiger partial charge in [-0.1, -0.05) is 17.7 Å². The summed E-state index contributed by atoms with van der Waals surface area (Å²) in [6, 6.07) is 5.70. The lowest BCUT2D eigenvalue weighted by molar-refractivity contribution is -0.121. The van der Waals surface area contributed by atoms with Crippen LogP contribution in [0.4, 0.5) is 0 Å². The number of carbonyl (C=O) groups is 2. The maximum Gasteiger partial charge on any atom is 0.342 e. The van der Waals surface area contributed by atoms with Crippen LogP contribution in [0.1, 0.15) is 52.4 Å². The van der Waals surface area contributed by atoms with Crippen LogP contribution in [0.25, 0.3) is 0 Å². The number of nitrogens with one attached hydrogen (secondary N) is 1. The van der Waals surface area contributed by atoms with Crippen molar-refractivity contribution in [2.45, 2.75) is 46.1 Å². The molecule has 2 N–H and O–H groups in total. The number of phenols is 1. The fourth-order valence-corrected chi connectivity index (χ4v) is 4.19. The molecule has 0 spiro atoms. The van der Waals surface area contributed by atoms with Gasteiger partial charge in [-0.2, -0.15) is 0 Å². The van der Waals surface area contributed by atoms with Crippen molar-refractivity contribution in [3.63, 3.8) is 0 Å². The zero-order valence-electron chi connectivity index (χ0n) is 20.9. The molecule has 0 radical (unpaired) electrons. The van der Waals surface area contributed by atoms with E-state index < -0.39 is 5.97 Å². The van der Waals surface area contributed by atoms with Crippen molar-refractivity contribution in [3.8, 4) is 23.0 Å². The number of phenolic OH excluding ortho intramolecular Hbond substituents is 1. The van der Waals surface area contributed by atoms with Crippen LogP contribution in [0.3, 0.4) is 0 Å². The van der Waals surface area contributed by atoms with Crippen molar-refractivity contribution < 1.29 is 33.6 Å². The summed E-state index contributed by atoms with van der Waals surface area (Å²) in [7, 11) is 4.73. The third kappa shape index (κ3) is 5.88. The zero-order chi connectivity index (χ0) is 25.5. The second kappa shape index (κ2) is 11.6. The molecule has 2 aromatic carbocycles. The first-order valence-corrected chi connectivity index (χ1v) is 11.5. The molecule has 1 aliphatic heterocycles. The Hall–Kier alpha value is -3.68. The highest BCUT2D eigenvalue weighted by atomic mass is 16.5. The molecule has 0 aliphatic carbocycles. The number of rotatable bonds is 11. The third-order valence-electron chi connectivity index (χ3n) is 6.23. The molecule has 0 atom stereocenters. The number of cyclic esters (lactones) is 1. The lowest BCUT2D eigenvalue weighted by Crippen LogP contribution is -2.25. The van der Waals surface area contributed by atoms with E-state index in [1.165, 1.54) is 7.11 Å². The van der Waals surface area contributed by atoms with Crippen molar-refractivity contribution in [3.05, 3.63) is 57.7 Å². The van der Waals surface area contributed by atoms with Gasteiger partial charge in [0.1, 0.15) is 23.7 Å². The van der Waals surface area contributed by atoms with E-state index >= 15 is 0 Å². The molecule has 0 aromatic heterocycles. The number of amides is 1. The lowest BCUT2D eigenvalue weighted by Gasteiger charge is -2.15. The van der Waals surface area contributed by atoms with E-state index in [0.717, 1.165) is 16.7 Å². The van der Waals surface area contributed by atoms with Crippen LogP contribution >= 0.6 is 0 Å². The molecular weight excluding hydrogens is 450 g/mol. The van der Waals surface area contributed by atoms with Gasteiger partial charge in [0.05, 0.1) is 21.3 Å². The Morgan fingerprint density at radius 3 is 2.57 bits per heavy atom. The molecule has 0 bridgehead atoms. The SMILES string of the molecule is COc1ccc(CCNC(=O)CC/C(C)=C/Cc2c(O)c3c(c(C)c2OC)COC3=O)cc1OC. The van der Waals surface area contributed by atoms with Gasteiger partial charge in [-0.3, -0.25) is 4.79 Å². The number of hydrogen-bond acceptors (Lipinski definition) is 7. The maximum absolute atomic E-state index is 12.3. The number of ether oxygens (including phenoxy) is 4. The summed E-state index contributed by atoms with van der Waals surface area (Å²) >= 11 is 0. The summed E-state index contributed by atoms with van der Waals surface area (Å²) < 4.78 is 21.2. The number of esters is 1. The molecule has 188 valence electrons. The van der Waals surface area contributed by atoms with Crippen LogP contribution in [-0.2, 0) is 29.0 Å². The van der Waals surface area contributed by atoms with E-state index in [0.29, 0.717) is 60.6 Å². The van der Waals surface area contributed by atoms with Crippen molar-refractivity contribution in [2.24, 2.45) is 0 Å². The number of benzene rings is 2. The summed E-state index contributed by atoms with van der Waals surface area (Å²) in [4.78, 5) is 24.4. The predicted molar refractivity (Wildman–Crippen MR) is 131 cm³/mol. The number of allylic oxidation sites excluding steroid dienone is 2. The first kappa shape index (κ1) is 25.9. The van der Waals surface area contributed by atoms with Gasteiger partial charge in [0.15, 0.2) is 11.5 Å². The molecule has 1 aliphatic rings. The number of fused-ring (bicyclic) bond motifs is 1. The van der Waals surface area contributed by atoms with Crippen LogP contribution in [0, 0.1) is 6.92 Å². The van der Waals surface area contributed by atoms with Gasteiger partial charge in [-0.25, -0.2) is 4.79 Å². The van der Waals surface area contributed by atoms with E-state index in [1.807, 2.05) is 38.1 Å². The molecule has 0 saturated carbocycles. The monoisotopic (exact) mass is 483 g/mol. The number of methoxy groups -OCH3 is 3. The second-order valence-electron chi connectivity index (χ2n) is 8.46. The van der Waals surface area contributed by atoms with E-state index in [-0.39, 0.29) is 23.8 Å². The molecule has 0 saturated heterocycles. The molecule has 8 nitrogen and oxygen atoms in total. The van der Waals surface area contributed by atoms with Crippen LogP contribution in [0.5, 0.6) is 23.0 Å². The van der Waals surface area contributed by atoms with E-state index in [4.69, 9.17) is 18.9 Å². The fourth-order valence-electron chi connectivity index (χ4n) is 4.19. The molecule has 2 aromatic rings. The standard InChI is InChI=1S/C27H33NO7/c1-16(6-9-19-25(30)24-20(15-35-27(24)31)17(2)26(19)34-5)7-11-23(29)28-13-12-18-8-10-21(32-3)22(14-18)33-4/h6,8,10,14,30H,7,9,11-13,15H2,1-5H3,(H,28,29)/b16-6+. The van der Waals surface area contributed by atoms with E-state index in [2.05, 4.69) is 5.32 Å². The summed E-state index contributed by atoms with van der Waals surface area (Å²) in [5.74, 6) is 1.24. The lowest BCUT2D eigenvalue weighted by atomic mass is 9.94. The smallest absolute Gasteiger partial charge is 0.342 e. The van der Waals surface area contributed by atoms with Crippen molar-refractivity contribution >= 4 is 11.9 Å². The highest BCUT2D eigenvalue weighted by Gasteiger charge is 2.31. The zero-order valence-corrected chi connectivity index (χ0v) is 20.9. The number of carbonyl (C=O) groups excluding carboxylic acids is 2. The summed E-state index contributed by atoms with van der Waals surface area (Å²) in [6.45, 7) is 4.45. The Balaban J connectivity index is 1.53. The molecule has 3 rings (SSSR count). The van der Waals surface area contributed by atoms with E-state index in [9.17, 15) is 14.7 Å². The van der Waals surface area contributed by atoms with Crippen molar-refractivity contribution in [2.75, 3.05) is 27.9 Å². The average Bonchev–Trinajstić information content (AvgIpc) is 3.25. The largest absolute Gasteiger partial charge is 0.507 e. The number of aromatic hydroxyl groups is 1. The Morgan fingerprint density at radius 2 is 1.89 bits per heavy atom. The topological polar surface area (TPSA) is 103 Å². The normalized spacial score (nSPS) is 12.7. The minimum Gasteiger partial charge on any atom is -0.507 e. The Morgan fingerprint density at radius 1 is 1.14 bits per heavy atom. The van der Waals surface area contributed by atoms with Gasteiger partial charge >= 0.3 is 5.97 Å². The molecule has 0 fully saturated rings. The molecule has 35 heavy (non-hydrogen) atoms. The molecule has 1 heterocycles. The van der Waals surface area contributed by atoms with Gasteiger partial charge in [-0.05, 0) is 56.4 Å². The minimum absolute atomic E-state index is 0.0326. The Kier molecular flexibility index (Phi) is 8.63. The van der Waals surface area contributed by atoms with Crippen molar-refractivity contribution in [1.82, 2.24) is 5.32 Å². The molecular formula is C27H33NO7. The second-order valence-corrected chi connectivity index (χ2v) is 8.46. The highest BCUT2D eigenvalue weighted by Crippen LogP contribution is 2.42. The van der Waals surface area contributed by atoms with Crippen molar-refractivity contribution in [1.29, 1.82) is 0 Å². The Labute approximate surface area is 205 Å². The highest BCUT2D eigenvalue weighted by molar-refractivity contribution is 5.98. The first-order valence-electron chi connectivity index (χ1n) is 11.5. The van der Waals surface area contributed by atoms with Crippen LogP contribution in [0.15, 0.2) is 29.8 Å². The fraction of sp³-hybridized carbons (Fsp3) is 0.407. The van der Waals surface area contributed by atoms with Gasteiger partial charge in [0.2, 0.25) is 5.91 Å². The predicted octanol–water partition coefficient (Wildman–Crippen LogP) is 4.02. The number of hydrogen-bond donors (Lipinski definition) is 2. The average molecular weight is 484 g/mol. The summed E-state index contributed by atoms with van der Waals surface area (Å²) in [5, 5.41) is 13.7. The van der Waals surface area contributed by atoms with Gasteiger partial charge in [-0.15, -0.1) is 0 Å². The van der Waals surface area contributed by atoms with Gasteiger partial charge < -0.3 is 29.4 Å². The minimum atomic E-state index is -0.519. The molecule has 0 unspecified atom stereocenters. The van der Waals surface area contributed by atoms with Crippen LogP contribution < -0.4 is 19.5 Å². The summed E-state index contributed by atoms with van der Waals surface area (Å²) in [6.07, 6.45) is 3.94. The quantitative estimate of drug-likeness (QED) is 0.367. The Bertz CT molecular complexity index is 1140. The van der Waals surface area contributed by atoms with Gasteiger partial charge in [0, 0.05) is 24.1 Å². The van der Waals surface area contributed by atoms with Gasteiger partial charge in [0.25, 0.3) is 0 Å². The third-order valence-corrected chi connectivity index (χ3v) is 6.23. The first-order chi connectivity index (χ1) is 16.8. The van der Waals surface area contributed by atoms with Crippen LogP contribution in [-0.4, -0.2) is 44.9 Å². The molecule has 8 heteroatoms.